The van der Waals surface area contributed by atoms with Crippen LogP contribution in [0.2, 0.25) is 0 Å². The number of carbonyl (C=O) groups is 2. The maximum Gasteiger partial charge on any atom is 0.237 e. The van der Waals surface area contributed by atoms with Crippen LogP contribution in [-0.2, 0) is 9.59 Å². The summed E-state index contributed by atoms with van der Waals surface area (Å²) in [6, 6.07) is -0.637. The van der Waals surface area contributed by atoms with Gasteiger partial charge in [-0.3, -0.25) is 4.79 Å². The summed E-state index contributed by atoms with van der Waals surface area (Å²) in [7, 11) is 6.31. The predicted molar refractivity (Wildman–Crippen MR) is 62.7 cm³/mol. The zero-order valence-electron chi connectivity index (χ0n) is 10.9. The number of rotatable bonds is 8. The molecule has 0 aromatic heterocycles. The Bertz CT molecular complexity index is 261. The van der Waals surface area contributed by atoms with Crippen LogP contribution in [0.1, 0.15) is 19.3 Å². The second kappa shape index (κ2) is 7.24. The SMILES string of the molecule is C[N+](C)(C)CCCC[C@H](N)C(=O)NCC(=O)[O-]. The summed E-state index contributed by atoms with van der Waals surface area (Å²) < 4.78 is 0.881. The molecule has 0 radical (unpaired) electrons. The van der Waals surface area contributed by atoms with Crippen molar-refractivity contribution in [3.8, 4) is 0 Å². The van der Waals surface area contributed by atoms with Gasteiger partial charge in [-0.25, -0.2) is 0 Å². The first kappa shape index (κ1) is 15.9. The average Bonchev–Trinajstić information content (AvgIpc) is 2.19. The second-order valence-corrected chi connectivity index (χ2v) is 5.21. The molecule has 17 heavy (non-hydrogen) atoms. The number of quaternary nitrogens is 1. The van der Waals surface area contributed by atoms with Gasteiger partial charge < -0.3 is 25.4 Å². The number of nitrogens with two attached hydrogens (primary N) is 1. The molecule has 6 nitrogen and oxygen atoms in total. The average molecular weight is 245 g/mol. The Morgan fingerprint density at radius 3 is 2.35 bits per heavy atom. The fourth-order valence-electron chi connectivity index (χ4n) is 1.37. The van der Waals surface area contributed by atoms with Crippen molar-refractivity contribution < 1.29 is 19.2 Å². The van der Waals surface area contributed by atoms with Crippen molar-refractivity contribution >= 4 is 11.9 Å². The molecule has 0 spiro atoms. The summed E-state index contributed by atoms with van der Waals surface area (Å²) in [4.78, 5) is 21.4. The number of aliphatic carboxylic acids is 1. The van der Waals surface area contributed by atoms with Crippen molar-refractivity contribution in [3.63, 3.8) is 0 Å². The van der Waals surface area contributed by atoms with Gasteiger partial charge in [0.15, 0.2) is 0 Å². The van der Waals surface area contributed by atoms with Crippen LogP contribution in [0.3, 0.4) is 0 Å². The van der Waals surface area contributed by atoms with Crippen molar-refractivity contribution in [2.45, 2.75) is 25.3 Å². The molecule has 100 valence electrons. The van der Waals surface area contributed by atoms with Gasteiger partial charge in [0.2, 0.25) is 5.91 Å². The Morgan fingerprint density at radius 1 is 1.29 bits per heavy atom. The van der Waals surface area contributed by atoms with E-state index in [1.165, 1.54) is 0 Å². The minimum Gasteiger partial charge on any atom is -0.548 e. The number of carbonyl (C=O) groups excluding carboxylic acids is 2. The van der Waals surface area contributed by atoms with E-state index in [1.807, 2.05) is 0 Å². The molecule has 1 amide bonds. The summed E-state index contributed by atoms with van der Waals surface area (Å²) >= 11 is 0. The molecule has 1 atom stereocenters. The van der Waals surface area contributed by atoms with E-state index >= 15 is 0 Å². The van der Waals surface area contributed by atoms with Gasteiger partial charge >= 0.3 is 0 Å². The van der Waals surface area contributed by atoms with E-state index in [1.54, 1.807) is 0 Å². The van der Waals surface area contributed by atoms with E-state index in [-0.39, 0.29) is 0 Å². The number of unbranched alkanes of at least 4 members (excludes halogenated alkanes) is 1. The minimum absolute atomic E-state index is 0.431. The van der Waals surface area contributed by atoms with Gasteiger partial charge in [0.1, 0.15) is 0 Å². The maximum absolute atomic E-state index is 11.3. The lowest BCUT2D eigenvalue weighted by molar-refractivity contribution is -0.870. The van der Waals surface area contributed by atoms with Gasteiger partial charge in [-0.15, -0.1) is 0 Å². The van der Waals surface area contributed by atoms with Crippen LogP contribution >= 0.6 is 0 Å². The smallest absolute Gasteiger partial charge is 0.237 e. The highest BCUT2D eigenvalue weighted by molar-refractivity contribution is 5.84. The minimum atomic E-state index is -1.31. The first-order chi connectivity index (χ1) is 7.72. The Hall–Kier alpha value is -1.14. The molecule has 0 rings (SSSR count). The number of nitrogens with one attached hydrogen (secondary N) is 1. The van der Waals surface area contributed by atoms with Crippen LogP contribution in [0.25, 0.3) is 0 Å². The van der Waals surface area contributed by atoms with Crippen LogP contribution in [0.4, 0.5) is 0 Å². The highest BCUT2D eigenvalue weighted by Crippen LogP contribution is 2.02. The van der Waals surface area contributed by atoms with Gasteiger partial charge in [0, 0.05) is 0 Å². The molecule has 0 heterocycles. The quantitative estimate of drug-likeness (QED) is 0.384. The normalized spacial score (nSPS) is 13.2. The predicted octanol–water partition coefficient (Wildman–Crippen LogP) is -1.94. The first-order valence-corrected chi connectivity index (χ1v) is 5.76. The molecule has 0 bridgehead atoms. The van der Waals surface area contributed by atoms with Gasteiger partial charge in [-0.1, -0.05) is 0 Å². The molecule has 0 saturated carbocycles. The van der Waals surface area contributed by atoms with Gasteiger partial charge in [-0.2, -0.15) is 0 Å². The Morgan fingerprint density at radius 2 is 1.88 bits per heavy atom. The lowest BCUT2D eigenvalue weighted by Gasteiger charge is -2.23. The third-order valence-corrected chi connectivity index (χ3v) is 2.34. The summed E-state index contributed by atoms with van der Waals surface area (Å²) in [5.41, 5.74) is 5.62. The third kappa shape index (κ3) is 9.77. The van der Waals surface area contributed by atoms with Crippen molar-refractivity contribution in [1.82, 2.24) is 5.32 Å². The third-order valence-electron chi connectivity index (χ3n) is 2.34. The molecule has 0 saturated heterocycles. The molecule has 0 aromatic carbocycles. The molecular formula is C11H23N3O3. The van der Waals surface area contributed by atoms with Crippen LogP contribution in [0.5, 0.6) is 0 Å². The van der Waals surface area contributed by atoms with Crippen LogP contribution in [0, 0.1) is 0 Å². The highest BCUT2D eigenvalue weighted by Gasteiger charge is 2.13. The van der Waals surface area contributed by atoms with Crippen LogP contribution in [-0.4, -0.2) is 56.6 Å². The second-order valence-electron chi connectivity index (χ2n) is 5.21. The van der Waals surface area contributed by atoms with Gasteiger partial charge in [0.05, 0.1) is 46.2 Å². The van der Waals surface area contributed by atoms with E-state index in [2.05, 4.69) is 26.5 Å². The molecule has 0 aliphatic rings. The number of carboxylic acids is 1. The number of nitrogens with zero attached hydrogens (tertiary/aromatic N) is 1. The van der Waals surface area contributed by atoms with Crippen molar-refractivity contribution in [2.24, 2.45) is 5.73 Å². The van der Waals surface area contributed by atoms with Crippen LogP contribution < -0.4 is 16.2 Å². The van der Waals surface area contributed by atoms with E-state index < -0.39 is 24.5 Å². The Balaban J connectivity index is 3.68. The standard InChI is InChI=1S/C11H23N3O3/c1-14(2,3)7-5-4-6-9(12)11(17)13-8-10(15)16/h9H,4-8,12H2,1-3H3,(H-,13,15,16,17)/t9-/m0/s1. The molecule has 0 unspecified atom stereocenters. The van der Waals surface area contributed by atoms with E-state index in [9.17, 15) is 14.7 Å². The molecule has 3 N–H and O–H groups in total. The monoisotopic (exact) mass is 245 g/mol. The highest BCUT2D eigenvalue weighted by atomic mass is 16.4. The van der Waals surface area contributed by atoms with Gasteiger partial charge in [-0.05, 0) is 19.3 Å². The zero-order chi connectivity index (χ0) is 13.5. The van der Waals surface area contributed by atoms with E-state index in [4.69, 9.17) is 5.73 Å². The van der Waals surface area contributed by atoms with Crippen LogP contribution in [0.15, 0.2) is 0 Å². The molecule has 0 aromatic rings. The number of amides is 1. The van der Waals surface area contributed by atoms with Crippen molar-refractivity contribution in [2.75, 3.05) is 34.2 Å². The number of carboxylic acid groups (broad SMARTS) is 1. The van der Waals surface area contributed by atoms with Crippen molar-refractivity contribution in [3.05, 3.63) is 0 Å². The fraction of sp³-hybridized carbons (Fsp3) is 0.818. The summed E-state index contributed by atoms with van der Waals surface area (Å²) in [6.45, 7) is 0.540. The fourth-order valence-corrected chi connectivity index (χ4v) is 1.37. The van der Waals surface area contributed by atoms with Gasteiger partial charge in [0.25, 0.3) is 0 Å². The largest absolute Gasteiger partial charge is 0.548 e. The molecule has 0 aliphatic heterocycles. The molecule has 6 heteroatoms. The molecule has 0 aliphatic carbocycles. The Labute approximate surface area is 102 Å². The summed E-state index contributed by atoms with van der Waals surface area (Å²) in [5.74, 6) is -1.74. The van der Waals surface area contributed by atoms with E-state index in [0.717, 1.165) is 23.9 Å². The Kier molecular flexibility index (Phi) is 6.75. The summed E-state index contributed by atoms with van der Waals surface area (Å²) in [6.07, 6.45) is 2.42. The lowest BCUT2D eigenvalue weighted by atomic mass is 10.1. The number of hydrogen-bond donors (Lipinski definition) is 2. The maximum atomic E-state index is 11.3. The van der Waals surface area contributed by atoms with Crippen molar-refractivity contribution in [1.29, 1.82) is 0 Å². The topological polar surface area (TPSA) is 95.2 Å². The lowest BCUT2D eigenvalue weighted by Crippen LogP contribution is -2.45. The van der Waals surface area contributed by atoms with E-state index in [0.29, 0.717) is 6.42 Å². The summed E-state index contributed by atoms with van der Waals surface area (Å²) in [5, 5.41) is 12.3. The number of hydrogen-bond acceptors (Lipinski definition) is 4. The zero-order valence-corrected chi connectivity index (χ0v) is 10.9. The molecule has 0 fully saturated rings. The molecular weight excluding hydrogens is 222 g/mol. The first-order valence-electron chi connectivity index (χ1n) is 5.76.